The molecule has 0 unspecified atom stereocenters. The highest BCUT2D eigenvalue weighted by molar-refractivity contribution is 7.80. The van der Waals surface area contributed by atoms with E-state index in [4.69, 9.17) is 17.3 Å². The van der Waals surface area contributed by atoms with Crippen LogP contribution in [0.4, 0.5) is 5.69 Å². The Kier molecular flexibility index (Phi) is 7.14. The normalized spacial score (nSPS) is 14.7. The van der Waals surface area contributed by atoms with Gasteiger partial charge in [0, 0.05) is 12.5 Å². The molecule has 0 saturated heterocycles. The van der Waals surface area contributed by atoms with Gasteiger partial charge in [0.2, 0.25) is 5.91 Å². The van der Waals surface area contributed by atoms with Gasteiger partial charge < -0.3 is 21.1 Å². The predicted octanol–water partition coefficient (Wildman–Crippen LogP) is 1.80. The maximum absolute atomic E-state index is 12.2. The molecular weight excluding hydrogens is 326 g/mol. The van der Waals surface area contributed by atoms with Crippen molar-refractivity contribution in [3.8, 4) is 0 Å². The van der Waals surface area contributed by atoms with Crippen molar-refractivity contribution in [3.05, 3.63) is 29.8 Å². The number of carbonyl (C=O) groups excluding carboxylic acids is 2. The SMILES string of the molecule is O=C(NCCO)c1ccccc1NC(=S)NC(=O)C1CCCCC1. The molecule has 0 aromatic heterocycles. The summed E-state index contributed by atoms with van der Waals surface area (Å²) < 4.78 is 0. The summed E-state index contributed by atoms with van der Waals surface area (Å²) in [5, 5.41) is 17.2. The van der Waals surface area contributed by atoms with Crippen LogP contribution in [0.1, 0.15) is 42.5 Å². The van der Waals surface area contributed by atoms with Gasteiger partial charge in [-0.1, -0.05) is 31.4 Å². The number of thiocarbonyl (C=S) groups is 1. The minimum Gasteiger partial charge on any atom is -0.395 e. The first-order valence-electron chi connectivity index (χ1n) is 8.21. The van der Waals surface area contributed by atoms with Crippen molar-refractivity contribution in [1.82, 2.24) is 10.6 Å². The molecule has 1 saturated carbocycles. The van der Waals surface area contributed by atoms with Crippen LogP contribution in [0.3, 0.4) is 0 Å². The number of rotatable bonds is 5. The Morgan fingerprint density at radius 2 is 1.88 bits per heavy atom. The van der Waals surface area contributed by atoms with Gasteiger partial charge in [-0.2, -0.15) is 0 Å². The molecule has 1 fully saturated rings. The molecule has 0 radical (unpaired) electrons. The van der Waals surface area contributed by atoms with E-state index >= 15 is 0 Å². The zero-order chi connectivity index (χ0) is 17.4. The summed E-state index contributed by atoms with van der Waals surface area (Å²) in [4.78, 5) is 24.3. The number of nitrogens with one attached hydrogen (secondary N) is 3. The monoisotopic (exact) mass is 349 g/mol. The van der Waals surface area contributed by atoms with E-state index in [2.05, 4.69) is 16.0 Å². The third-order valence-corrected chi connectivity index (χ3v) is 4.23. The summed E-state index contributed by atoms with van der Waals surface area (Å²) in [5.74, 6) is -0.357. The first kappa shape index (κ1) is 18.4. The van der Waals surface area contributed by atoms with Crippen LogP contribution in [0.2, 0.25) is 0 Å². The molecule has 6 nitrogen and oxygen atoms in total. The van der Waals surface area contributed by atoms with Crippen molar-refractivity contribution in [3.63, 3.8) is 0 Å². The van der Waals surface area contributed by atoms with Gasteiger partial charge in [-0.05, 0) is 37.2 Å². The van der Waals surface area contributed by atoms with Crippen LogP contribution in [-0.4, -0.2) is 35.2 Å². The third-order valence-electron chi connectivity index (χ3n) is 4.03. The Morgan fingerprint density at radius 3 is 2.58 bits per heavy atom. The fraction of sp³-hybridized carbons (Fsp3) is 0.471. The number of benzene rings is 1. The molecule has 24 heavy (non-hydrogen) atoms. The molecule has 0 heterocycles. The van der Waals surface area contributed by atoms with Crippen LogP contribution in [0.15, 0.2) is 24.3 Å². The lowest BCUT2D eigenvalue weighted by Gasteiger charge is -2.21. The first-order valence-corrected chi connectivity index (χ1v) is 8.62. The number of amides is 2. The molecule has 1 aromatic rings. The van der Waals surface area contributed by atoms with Gasteiger partial charge in [-0.25, -0.2) is 0 Å². The molecule has 7 heteroatoms. The summed E-state index contributed by atoms with van der Waals surface area (Å²) in [7, 11) is 0. The van der Waals surface area contributed by atoms with E-state index in [9.17, 15) is 9.59 Å². The van der Waals surface area contributed by atoms with Gasteiger partial charge in [0.25, 0.3) is 5.91 Å². The molecule has 0 spiro atoms. The molecule has 1 aliphatic rings. The zero-order valence-electron chi connectivity index (χ0n) is 13.5. The Bertz CT molecular complexity index is 600. The van der Waals surface area contributed by atoms with E-state index in [0.717, 1.165) is 25.7 Å². The van der Waals surface area contributed by atoms with Gasteiger partial charge >= 0.3 is 0 Å². The van der Waals surface area contributed by atoms with Crippen molar-refractivity contribution in [2.45, 2.75) is 32.1 Å². The second-order valence-corrected chi connectivity index (χ2v) is 6.21. The van der Waals surface area contributed by atoms with Crippen molar-refractivity contribution in [2.24, 2.45) is 5.92 Å². The largest absolute Gasteiger partial charge is 0.395 e. The van der Waals surface area contributed by atoms with Crippen molar-refractivity contribution in [1.29, 1.82) is 0 Å². The van der Waals surface area contributed by atoms with E-state index in [0.29, 0.717) is 11.3 Å². The zero-order valence-corrected chi connectivity index (χ0v) is 14.3. The van der Waals surface area contributed by atoms with Gasteiger partial charge in [0.1, 0.15) is 0 Å². The predicted molar refractivity (Wildman–Crippen MR) is 96.8 cm³/mol. The van der Waals surface area contributed by atoms with E-state index in [1.54, 1.807) is 24.3 Å². The number of hydrogen-bond acceptors (Lipinski definition) is 4. The summed E-state index contributed by atoms with van der Waals surface area (Å²) in [6.07, 6.45) is 5.13. The van der Waals surface area contributed by atoms with E-state index < -0.39 is 0 Å². The lowest BCUT2D eigenvalue weighted by atomic mass is 9.89. The van der Waals surface area contributed by atoms with Gasteiger partial charge in [-0.15, -0.1) is 0 Å². The van der Waals surface area contributed by atoms with Crippen molar-refractivity contribution in [2.75, 3.05) is 18.5 Å². The minimum atomic E-state index is -0.312. The van der Waals surface area contributed by atoms with E-state index in [1.165, 1.54) is 6.42 Å². The van der Waals surface area contributed by atoms with Crippen molar-refractivity contribution >= 4 is 34.8 Å². The molecule has 130 valence electrons. The average molecular weight is 349 g/mol. The highest BCUT2D eigenvalue weighted by Gasteiger charge is 2.22. The Hall–Kier alpha value is -1.99. The van der Waals surface area contributed by atoms with Gasteiger partial charge in [-0.3, -0.25) is 9.59 Å². The quantitative estimate of drug-likeness (QED) is 0.609. The molecule has 0 aliphatic heterocycles. The van der Waals surface area contributed by atoms with E-state index in [1.807, 2.05) is 0 Å². The maximum atomic E-state index is 12.2. The molecule has 4 N–H and O–H groups in total. The Balaban J connectivity index is 1.96. The van der Waals surface area contributed by atoms with E-state index in [-0.39, 0.29) is 36.0 Å². The topological polar surface area (TPSA) is 90.5 Å². The van der Waals surface area contributed by atoms with Crippen LogP contribution < -0.4 is 16.0 Å². The molecular formula is C17H23N3O3S. The summed E-state index contributed by atoms with van der Waals surface area (Å²) in [5.41, 5.74) is 0.919. The Labute approximate surface area is 147 Å². The average Bonchev–Trinajstić information content (AvgIpc) is 2.60. The fourth-order valence-electron chi connectivity index (χ4n) is 2.79. The number of anilines is 1. The molecule has 1 aromatic carbocycles. The first-order chi connectivity index (χ1) is 11.6. The lowest BCUT2D eigenvalue weighted by molar-refractivity contribution is -0.124. The molecule has 2 rings (SSSR count). The molecule has 2 amide bonds. The number of carbonyl (C=O) groups is 2. The smallest absolute Gasteiger partial charge is 0.253 e. The van der Waals surface area contributed by atoms with Gasteiger partial charge in [0.15, 0.2) is 5.11 Å². The van der Waals surface area contributed by atoms with Crippen molar-refractivity contribution < 1.29 is 14.7 Å². The number of aliphatic hydroxyl groups is 1. The molecule has 0 atom stereocenters. The maximum Gasteiger partial charge on any atom is 0.253 e. The highest BCUT2D eigenvalue weighted by Crippen LogP contribution is 2.23. The minimum absolute atomic E-state index is 0.0154. The highest BCUT2D eigenvalue weighted by atomic mass is 32.1. The van der Waals surface area contributed by atoms with Gasteiger partial charge in [0.05, 0.1) is 17.9 Å². The fourth-order valence-corrected chi connectivity index (χ4v) is 3.00. The standard InChI is InChI=1S/C17H23N3O3S/c21-11-10-18-16(23)13-8-4-5-9-14(13)19-17(24)20-15(22)12-6-2-1-3-7-12/h4-5,8-9,12,21H,1-3,6-7,10-11H2,(H,18,23)(H2,19,20,22,24). The van der Waals surface area contributed by atoms with Crippen LogP contribution in [0, 0.1) is 5.92 Å². The molecule has 0 bridgehead atoms. The second kappa shape index (κ2) is 9.34. The number of aliphatic hydroxyl groups excluding tert-OH is 1. The van der Waals surface area contributed by atoms with Crippen LogP contribution in [0.5, 0.6) is 0 Å². The summed E-state index contributed by atoms with van der Waals surface area (Å²) in [6, 6.07) is 6.88. The third kappa shape index (κ3) is 5.28. The number of hydrogen-bond donors (Lipinski definition) is 4. The van der Waals surface area contributed by atoms with Crippen LogP contribution >= 0.6 is 12.2 Å². The second-order valence-electron chi connectivity index (χ2n) is 5.80. The summed E-state index contributed by atoms with van der Waals surface area (Å²) >= 11 is 5.20. The van der Waals surface area contributed by atoms with Crippen LogP contribution in [-0.2, 0) is 4.79 Å². The lowest BCUT2D eigenvalue weighted by Crippen LogP contribution is -2.39. The van der Waals surface area contributed by atoms with Crippen LogP contribution in [0.25, 0.3) is 0 Å². The molecule has 1 aliphatic carbocycles. The number of para-hydroxylation sites is 1. The Morgan fingerprint density at radius 1 is 1.17 bits per heavy atom. The summed E-state index contributed by atoms with van der Waals surface area (Å²) in [6.45, 7) is 0.0488.